The number of H-pyrrole nitrogens is 1. The van der Waals surface area contributed by atoms with Crippen molar-refractivity contribution in [2.24, 2.45) is 5.92 Å². The molecule has 2 aliphatic rings. The van der Waals surface area contributed by atoms with Crippen molar-refractivity contribution in [2.75, 3.05) is 5.75 Å². The first kappa shape index (κ1) is 28.1. The number of nitrogens with one attached hydrogen (secondary N) is 1. The zero-order valence-electron chi connectivity index (χ0n) is 22.1. The molecule has 0 bridgehead atoms. The summed E-state index contributed by atoms with van der Waals surface area (Å²) in [6, 6.07) is 13.5. The van der Waals surface area contributed by atoms with Gasteiger partial charge in [-0.3, -0.25) is 9.89 Å². The Balaban J connectivity index is 1.66. The molecular weight excluding hydrogens is 559 g/mol. The van der Waals surface area contributed by atoms with E-state index in [1.807, 2.05) is 30.3 Å². The fourth-order valence-electron chi connectivity index (χ4n) is 5.11. The highest BCUT2D eigenvalue weighted by Crippen LogP contribution is 2.48. The van der Waals surface area contributed by atoms with Crippen molar-refractivity contribution in [1.29, 1.82) is 0 Å². The van der Waals surface area contributed by atoms with E-state index >= 15 is 0 Å². The van der Waals surface area contributed by atoms with Crippen LogP contribution in [0, 0.1) is 5.92 Å². The summed E-state index contributed by atoms with van der Waals surface area (Å²) < 4.78 is 32.7. The van der Waals surface area contributed by atoms with Crippen LogP contribution >= 0.6 is 23.2 Å². The standard InChI is InChI=1S/C28H32Cl2N4O4S/c1-28(2,3)39(36,37)15-22(17-7-8-17)34-25(18-9-11-20(29)12-10-18)26(19-5-4-6-21(30)13-19)38-23(27(34)35)14-24-31-16-32-33-24/h4-6,9-13,16-17,22-23,25-26H,7-8,14-15H2,1-3H3,(H,31,32,33)/t22-,23+,25-,26-/m1/s1. The second-order valence-corrected chi connectivity index (χ2v) is 14.9. The Morgan fingerprint density at radius 3 is 2.38 bits per heavy atom. The fourth-order valence-corrected chi connectivity index (χ4v) is 6.81. The number of amides is 1. The molecule has 1 amide bonds. The first-order chi connectivity index (χ1) is 18.4. The number of aromatic nitrogens is 3. The number of carbonyl (C=O) groups is 1. The Kier molecular flexibility index (Phi) is 7.81. The van der Waals surface area contributed by atoms with Gasteiger partial charge >= 0.3 is 0 Å². The van der Waals surface area contributed by atoms with E-state index < -0.39 is 38.9 Å². The summed E-state index contributed by atoms with van der Waals surface area (Å²) in [4.78, 5) is 20.3. The van der Waals surface area contributed by atoms with Crippen LogP contribution in [0.3, 0.4) is 0 Å². The number of halogens is 2. The van der Waals surface area contributed by atoms with Gasteiger partial charge in [0.1, 0.15) is 24.4 Å². The molecule has 4 atom stereocenters. The van der Waals surface area contributed by atoms with Crippen LogP contribution in [0.2, 0.25) is 10.0 Å². The number of rotatable bonds is 8. The highest BCUT2D eigenvalue weighted by molar-refractivity contribution is 7.92. The van der Waals surface area contributed by atoms with E-state index in [2.05, 4.69) is 15.2 Å². The van der Waals surface area contributed by atoms with Gasteiger partial charge in [-0.05, 0) is 74.9 Å². The van der Waals surface area contributed by atoms with E-state index in [4.69, 9.17) is 27.9 Å². The van der Waals surface area contributed by atoms with Crippen molar-refractivity contribution in [2.45, 2.75) is 69.1 Å². The Morgan fingerprint density at radius 1 is 1.08 bits per heavy atom. The molecule has 0 spiro atoms. The Hall–Kier alpha value is -2.46. The van der Waals surface area contributed by atoms with Crippen molar-refractivity contribution in [3.05, 3.63) is 81.9 Å². The first-order valence-electron chi connectivity index (χ1n) is 13.0. The molecule has 3 aromatic rings. The van der Waals surface area contributed by atoms with Gasteiger partial charge in [-0.15, -0.1) is 0 Å². The molecule has 39 heavy (non-hydrogen) atoms. The minimum atomic E-state index is -3.55. The van der Waals surface area contributed by atoms with E-state index in [1.165, 1.54) is 6.33 Å². The molecule has 0 unspecified atom stereocenters. The predicted octanol–water partition coefficient (Wildman–Crippen LogP) is 5.36. The largest absolute Gasteiger partial charge is 0.357 e. The van der Waals surface area contributed by atoms with Gasteiger partial charge in [0.25, 0.3) is 5.91 Å². The predicted molar refractivity (Wildman–Crippen MR) is 150 cm³/mol. The van der Waals surface area contributed by atoms with E-state index in [-0.39, 0.29) is 24.0 Å². The van der Waals surface area contributed by atoms with Gasteiger partial charge in [-0.25, -0.2) is 13.4 Å². The normalized spacial score (nSPS) is 23.2. The van der Waals surface area contributed by atoms with Crippen molar-refractivity contribution < 1.29 is 17.9 Å². The number of ether oxygens (including phenoxy) is 1. The van der Waals surface area contributed by atoms with Crippen molar-refractivity contribution >= 4 is 38.9 Å². The molecule has 2 aromatic carbocycles. The van der Waals surface area contributed by atoms with Gasteiger partial charge in [0, 0.05) is 22.5 Å². The van der Waals surface area contributed by atoms with E-state index in [9.17, 15) is 13.2 Å². The maximum atomic E-state index is 14.3. The second kappa shape index (κ2) is 10.8. The molecule has 1 saturated heterocycles. The number of nitrogens with zero attached hydrogens (tertiary/aromatic N) is 3. The Bertz CT molecular complexity index is 1420. The molecule has 1 aliphatic carbocycles. The van der Waals surface area contributed by atoms with Gasteiger partial charge in [0.2, 0.25) is 0 Å². The van der Waals surface area contributed by atoms with Gasteiger partial charge < -0.3 is 9.64 Å². The number of aromatic amines is 1. The van der Waals surface area contributed by atoms with Crippen LogP contribution < -0.4 is 0 Å². The molecule has 208 valence electrons. The Labute approximate surface area is 239 Å². The number of sulfone groups is 1. The number of hydrogen-bond acceptors (Lipinski definition) is 6. The minimum absolute atomic E-state index is 0.0740. The van der Waals surface area contributed by atoms with Crippen LogP contribution in [-0.2, 0) is 25.8 Å². The monoisotopic (exact) mass is 590 g/mol. The lowest BCUT2D eigenvalue weighted by Gasteiger charge is -2.48. The number of carbonyl (C=O) groups excluding carboxylic acids is 1. The summed E-state index contributed by atoms with van der Waals surface area (Å²) in [5.41, 5.74) is 1.59. The number of morpholine rings is 1. The molecule has 1 N–H and O–H groups in total. The third-order valence-corrected chi connectivity index (χ3v) is 10.6. The van der Waals surface area contributed by atoms with Crippen LogP contribution in [0.1, 0.15) is 62.7 Å². The second-order valence-electron chi connectivity index (χ2n) is 11.3. The maximum Gasteiger partial charge on any atom is 0.253 e. The fraction of sp³-hybridized carbons (Fsp3) is 0.464. The lowest BCUT2D eigenvalue weighted by Crippen LogP contribution is -2.58. The molecule has 1 aromatic heterocycles. The van der Waals surface area contributed by atoms with Crippen LogP contribution in [0.25, 0.3) is 0 Å². The van der Waals surface area contributed by atoms with Gasteiger partial charge in [-0.1, -0.05) is 47.5 Å². The van der Waals surface area contributed by atoms with Crippen LogP contribution in [0.4, 0.5) is 0 Å². The summed E-state index contributed by atoms with van der Waals surface area (Å²) in [6.45, 7) is 5.10. The van der Waals surface area contributed by atoms with Crippen LogP contribution in [0.15, 0.2) is 54.9 Å². The minimum Gasteiger partial charge on any atom is -0.357 e. The van der Waals surface area contributed by atoms with Crippen LogP contribution in [0.5, 0.6) is 0 Å². The summed E-state index contributed by atoms with van der Waals surface area (Å²) in [7, 11) is -3.55. The molecule has 2 heterocycles. The van der Waals surface area contributed by atoms with Crippen molar-refractivity contribution in [1.82, 2.24) is 20.1 Å². The lowest BCUT2D eigenvalue weighted by molar-refractivity contribution is -0.179. The lowest BCUT2D eigenvalue weighted by atomic mass is 9.89. The summed E-state index contributed by atoms with van der Waals surface area (Å²) in [5, 5.41) is 7.82. The molecule has 1 saturated carbocycles. The maximum absolute atomic E-state index is 14.3. The van der Waals surface area contributed by atoms with E-state index in [0.29, 0.717) is 15.9 Å². The smallest absolute Gasteiger partial charge is 0.253 e. The summed E-state index contributed by atoms with van der Waals surface area (Å²) >= 11 is 12.6. The third kappa shape index (κ3) is 6.01. The molecule has 8 nitrogen and oxygen atoms in total. The molecule has 11 heteroatoms. The molecule has 2 fully saturated rings. The SMILES string of the molecule is CC(C)(C)S(=O)(=O)C[C@H](C1CC1)N1C(=O)[C@H](Cc2ncn[nH]2)O[C@H](c2cccc(Cl)c2)[C@H]1c1ccc(Cl)cc1. The average molecular weight is 592 g/mol. The zero-order chi connectivity index (χ0) is 27.9. The van der Waals surface area contributed by atoms with Crippen molar-refractivity contribution in [3.8, 4) is 0 Å². The third-order valence-electron chi connectivity index (χ3n) is 7.51. The average Bonchev–Trinajstić information content (AvgIpc) is 3.59. The zero-order valence-corrected chi connectivity index (χ0v) is 24.4. The van der Waals surface area contributed by atoms with Crippen LogP contribution in [-0.4, -0.2) is 57.1 Å². The van der Waals surface area contributed by atoms with Gasteiger partial charge in [0.05, 0.1) is 16.5 Å². The molecule has 1 aliphatic heterocycles. The van der Waals surface area contributed by atoms with E-state index in [1.54, 1.807) is 43.9 Å². The van der Waals surface area contributed by atoms with Gasteiger partial charge in [-0.2, -0.15) is 5.10 Å². The highest BCUT2D eigenvalue weighted by Gasteiger charge is 2.52. The highest BCUT2D eigenvalue weighted by atomic mass is 35.5. The van der Waals surface area contributed by atoms with Gasteiger partial charge in [0.15, 0.2) is 9.84 Å². The molecular formula is C28H32Cl2N4O4S. The topological polar surface area (TPSA) is 105 Å². The quantitative estimate of drug-likeness (QED) is 0.379. The number of benzene rings is 2. The molecule has 5 rings (SSSR count). The van der Waals surface area contributed by atoms with E-state index in [0.717, 1.165) is 24.0 Å². The Morgan fingerprint density at radius 2 is 1.79 bits per heavy atom. The number of hydrogen-bond donors (Lipinski definition) is 1. The summed E-state index contributed by atoms with van der Waals surface area (Å²) in [6.07, 6.45) is 1.75. The first-order valence-corrected chi connectivity index (χ1v) is 15.4. The van der Waals surface area contributed by atoms with Crippen molar-refractivity contribution in [3.63, 3.8) is 0 Å². The summed E-state index contributed by atoms with van der Waals surface area (Å²) in [5.74, 6) is 0.179. The molecule has 0 radical (unpaired) electrons.